The largest absolute Gasteiger partial charge is 0.459 e. The Kier molecular flexibility index (Phi) is 7.25. The number of hydrogen-bond donors (Lipinski definition) is 2. The summed E-state index contributed by atoms with van der Waals surface area (Å²) in [5.41, 5.74) is 1.20. The fourth-order valence-corrected chi connectivity index (χ4v) is 3.64. The summed E-state index contributed by atoms with van der Waals surface area (Å²) in [4.78, 5) is 26.7. The van der Waals surface area contributed by atoms with Gasteiger partial charge in [0, 0.05) is 23.8 Å². The molecular weight excluding hydrogens is 354 g/mol. The van der Waals surface area contributed by atoms with Crippen molar-refractivity contribution in [2.75, 3.05) is 25.5 Å². The molecule has 0 bridgehead atoms. The average molecular weight is 383 g/mol. The molecule has 2 aromatic rings. The summed E-state index contributed by atoms with van der Waals surface area (Å²) in [6, 6.07) is 10.8. The summed E-state index contributed by atoms with van der Waals surface area (Å²) in [7, 11) is 2.19. The second kappa shape index (κ2) is 10.1. The third kappa shape index (κ3) is 5.70. The van der Waals surface area contributed by atoms with Gasteiger partial charge in [0.1, 0.15) is 0 Å². The number of furan rings is 1. The van der Waals surface area contributed by atoms with E-state index in [1.165, 1.54) is 38.4 Å². The number of amides is 2. The van der Waals surface area contributed by atoms with Crippen LogP contribution in [0.4, 0.5) is 5.69 Å². The molecule has 1 aliphatic carbocycles. The van der Waals surface area contributed by atoms with Crippen LogP contribution in [0, 0.1) is 0 Å². The minimum Gasteiger partial charge on any atom is -0.459 e. The number of carbonyl (C=O) groups is 2. The minimum absolute atomic E-state index is 0.0933. The molecule has 0 saturated heterocycles. The zero-order chi connectivity index (χ0) is 19.8. The molecule has 1 saturated carbocycles. The maximum Gasteiger partial charge on any atom is 0.291 e. The smallest absolute Gasteiger partial charge is 0.291 e. The van der Waals surface area contributed by atoms with E-state index in [9.17, 15) is 9.59 Å². The van der Waals surface area contributed by atoms with Gasteiger partial charge < -0.3 is 20.0 Å². The van der Waals surface area contributed by atoms with E-state index in [0.29, 0.717) is 23.8 Å². The molecule has 2 N–H and O–H groups in total. The Balaban J connectivity index is 1.39. The van der Waals surface area contributed by atoms with Crippen LogP contribution in [-0.2, 0) is 0 Å². The lowest BCUT2D eigenvalue weighted by molar-refractivity contribution is 0.0949. The molecule has 3 rings (SSSR count). The molecule has 0 atom stereocenters. The van der Waals surface area contributed by atoms with Crippen LogP contribution in [0.15, 0.2) is 47.1 Å². The molecule has 2 amide bonds. The zero-order valence-electron chi connectivity index (χ0n) is 16.4. The van der Waals surface area contributed by atoms with Crippen molar-refractivity contribution < 1.29 is 14.0 Å². The molecule has 1 aromatic heterocycles. The first-order valence-electron chi connectivity index (χ1n) is 10.1. The summed E-state index contributed by atoms with van der Waals surface area (Å²) < 4.78 is 5.06. The second-order valence-electron chi connectivity index (χ2n) is 7.39. The molecule has 1 aromatic carbocycles. The van der Waals surface area contributed by atoms with E-state index in [2.05, 4.69) is 22.6 Å². The van der Waals surface area contributed by atoms with Crippen molar-refractivity contribution in [3.63, 3.8) is 0 Å². The van der Waals surface area contributed by atoms with Gasteiger partial charge >= 0.3 is 0 Å². The van der Waals surface area contributed by atoms with Gasteiger partial charge in [-0.1, -0.05) is 19.3 Å². The SMILES string of the molecule is CN(CCCNC(=O)c1ccc(NC(=O)c2ccco2)cc1)C1CCCCC1. The first-order valence-corrected chi connectivity index (χ1v) is 10.1. The van der Waals surface area contributed by atoms with Gasteiger partial charge in [-0.05, 0) is 69.3 Å². The van der Waals surface area contributed by atoms with E-state index in [4.69, 9.17) is 4.42 Å². The quantitative estimate of drug-likeness (QED) is 0.678. The lowest BCUT2D eigenvalue weighted by Crippen LogP contribution is -2.35. The van der Waals surface area contributed by atoms with Crippen molar-refractivity contribution >= 4 is 17.5 Å². The van der Waals surface area contributed by atoms with E-state index >= 15 is 0 Å². The van der Waals surface area contributed by atoms with Crippen molar-refractivity contribution in [1.82, 2.24) is 10.2 Å². The number of anilines is 1. The number of hydrogen-bond acceptors (Lipinski definition) is 4. The summed E-state index contributed by atoms with van der Waals surface area (Å²) >= 11 is 0. The molecule has 1 aliphatic rings. The molecular formula is C22H29N3O3. The summed E-state index contributed by atoms with van der Waals surface area (Å²) in [5.74, 6) is -0.159. The van der Waals surface area contributed by atoms with Crippen molar-refractivity contribution in [2.24, 2.45) is 0 Å². The predicted molar refractivity (Wildman–Crippen MR) is 110 cm³/mol. The van der Waals surface area contributed by atoms with Gasteiger partial charge in [-0.25, -0.2) is 0 Å². The highest BCUT2D eigenvalue weighted by molar-refractivity contribution is 6.02. The summed E-state index contributed by atoms with van der Waals surface area (Å²) in [5, 5.41) is 5.71. The van der Waals surface area contributed by atoms with Gasteiger partial charge in [0.05, 0.1) is 6.26 Å². The van der Waals surface area contributed by atoms with E-state index in [0.717, 1.165) is 13.0 Å². The van der Waals surface area contributed by atoms with Crippen molar-refractivity contribution in [3.05, 3.63) is 54.0 Å². The molecule has 28 heavy (non-hydrogen) atoms. The number of rotatable bonds is 8. The maximum atomic E-state index is 12.3. The Morgan fingerprint density at radius 2 is 1.82 bits per heavy atom. The zero-order valence-corrected chi connectivity index (χ0v) is 16.4. The first-order chi connectivity index (χ1) is 13.6. The summed E-state index contributed by atoms with van der Waals surface area (Å²) in [6.45, 7) is 1.66. The number of benzene rings is 1. The Labute approximate surface area is 166 Å². The van der Waals surface area contributed by atoms with Crippen LogP contribution in [0.25, 0.3) is 0 Å². The van der Waals surface area contributed by atoms with E-state index in [-0.39, 0.29) is 17.6 Å². The molecule has 0 radical (unpaired) electrons. The second-order valence-corrected chi connectivity index (χ2v) is 7.39. The van der Waals surface area contributed by atoms with E-state index < -0.39 is 0 Å². The van der Waals surface area contributed by atoms with E-state index in [1.54, 1.807) is 36.4 Å². The van der Waals surface area contributed by atoms with Gasteiger partial charge in [-0.3, -0.25) is 9.59 Å². The fourth-order valence-electron chi connectivity index (χ4n) is 3.64. The summed E-state index contributed by atoms with van der Waals surface area (Å²) in [6.07, 6.45) is 9.03. The Morgan fingerprint density at radius 1 is 1.07 bits per heavy atom. The molecule has 0 spiro atoms. The highest BCUT2D eigenvalue weighted by atomic mass is 16.3. The normalized spacial score (nSPS) is 14.8. The van der Waals surface area contributed by atoms with Crippen molar-refractivity contribution in [1.29, 1.82) is 0 Å². The van der Waals surface area contributed by atoms with Crippen LogP contribution < -0.4 is 10.6 Å². The molecule has 1 fully saturated rings. The standard InChI is InChI=1S/C22H29N3O3/c1-25(19-7-3-2-4-8-19)15-6-14-23-21(26)17-10-12-18(13-11-17)24-22(27)20-9-5-16-28-20/h5,9-13,16,19H,2-4,6-8,14-15H2,1H3,(H,23,26)(H,24,27). The lowest BCUT2D eigenvalue weighted by atomic mass is 9.94. The topological polar surface area (TPSA) is 74.6 Å². The van der Waals surface area contributed by atoms with E-state index in [1.807, 2.05) is 0 Å². The third-order valence-corrected chi connectivity index (χ3v) is 5.32. The van der Waals surface area contributed by atoms with Gasteiger partial charge in [-0.2, -0.15) is 0 Å². The molecule has 6 nitrogen and oxygen atoms in total. The molecule has 150 valence electrons. The number of nitrogens with one attached hydrogen (secondary N) is 2. The monoisotopic (exact) mass is 383 g/mol. The third-order valence-electron chi connectivity index (χ3n) is 5.32. The fraction of sp³-hybridized carbons (Fsp3) is 0.455. The van der Waals surface area contributed by atoms with Gasteiger partial charge in [0.25, 0.3) is 11.8 Å². The van der Waals surface area contributed by atoms with Gasteiger partial charge in [-0.15, -0.1) is 0 Å². The molecule has 0 aliphatic heterocycles. The van der Waals surface area contributed by atoms with Gasteiger partial charge in [0.15, 0.2) is 5.76 Å². The number of nitrogens with zero attached hydrogens (tertiary/aromatic N) is 1. The minimum atomic E-state index is -0.315. The first kappa shape index (κ1) is 20.1. The average Bonchev–Trinajstić information content (AvgIpc) is 3.27. The Hall–Kier alpha value is -2.60. The van der Waals surface area contributed by atoms with Gasteiger partial charge in [0.2, 0.25) is 0 Å². The van der Waals surface area contributed by atoms with Crippen LogP contribution >= 0.6 is 0 Å². The number of carbonyl (C=O) groups excluding carboxylic acids is 2. The van der Waals surface area contributed by atoms with Crippen LogP contribution in [-0.4, -0.2) is 42.9 Å². The highest BCUT2D eigenvalue weighted by Crippen LogP contribution is 2.21. The molecule has 1 heterocycles. The maximum absolute atomic E-state index is 12.3. The van der Waals surface area contributed by atoms with Crippen LogP contribution in [0.1, 0.15) is 59.4 Å². The molecule has 6 heteroatoms. The Bertz CT molecular complexity index is 750. The van der Waals surface area contributed by atoms with Crippen LogP contribution in [0.5, 0.6) is 0 Å². The predicted octanol–water partition coefficient (Wildman–Crippen LogP) is 3.92. The Morgan fingerprint density at radius 3 is 2.50 bits per heavy atom. The van der Waals surface area contributed by atoms with Crippen LogP contribution in [0.3, 0.4) is 0 Å². The van der Waals surface area contributed by atoms with Crippen molar-refractivity contribution in [3.8, 4) is 0 Å². The van der Waals surface area contributed by atoms with Crippen molar-refractivity contribution in [2.45, 2.75) is 44.6 Å². The molecule has 0 unspecified atom stereocenters. The lowest BCUT2D eigenvalue weighted by Gasteiger charge is -2.31. The van der Waals surface area contributed by atoms with Crippen LogP contribution in [0.2, 0.25) is 0 Å². The highest BCUT2D eigenvalue weighted by Gasteiger charge is 2.17.